The van der Waals surface area contributed by atoms with Gasteiger partial charge in [-0.1, -0.05) is 67.5 Å². The molecule has 0 aliphatic carbocycles. The standard InChI is InChI=1S/2C9H14O2.C8H15NO2.C8H15NO/c2*1-6-5-7(8(10)11-6)9(2,3)4;1-6-5-9(7(10)11-6)8(2,3)4;1-6-5-7(9-10-6)8(2,3)4/h2*5-6H,1-4H3;6H,5H2,1-4H3;6H,5H2,1-4H3. The van der Waals surface area contributed by atoms with Gasteiger partial charge in [-0.3, -0.25) is 4.90 Å². The summed E-state index contributed by atoms with van der Waals surface area (Å²) in [7, 11) is 0. The van der Waals surface area contributed by atoms with E-state index in [1.165, 1.54) is 5.71 Å². The summed E-state index contributed by atoms with van der Waals surface area (Å²) in [6.07, 6.45) is 4.82. The van der Waals surface area contributed by atoms with Crippen molar-refractivity contribution >= 4 is 23.7 Å². The molecule has 4 atom stereocenters. The van der Waals surface area contributed by atoms with E-state index in [9.17, 15) is 14.4 Å². The van der Waals surface area contributed by atoms with Crippen molar-refractivity contribution in [1.29, 1.82) is 0 Å². The minimum atomic E-state index is -0.190. The van der Waals surface area contributed by atoms with E-state index in [1.807, 2.05) is 102 Å². The third-order valence-corrected chi connectivity index (χ3v) is 6.91. The number of cyclic esters (lactones) is 3. The lowest BCUT2D eigenvalue weighted by Gasteiger charge is -2.28. The number of hydrogen-bond acceptors (Lipinski definition) is 8. The Morgan fingerprint density at radius 2 is 1.07 bits per heavy atom. The quantitative estimate of drug-likeness (QED) is 0.206. The highest BCUT2D eigenvalue weighted by atomic mass is 16.6. The Bertz CT molecular complexity index is 1040. The first-order valence-corrected chi connectivity index (χ1v) is 15.3. The molecule has 1 saturated heterocycles. The van der Waals surface area contributed by atoms with Gasteiger partial charge in [0.05, 0.1) is 12.3 Å². The van der Waals surface area contributed by atoms with Crippen LogP contribution in [-0.2, 0) is 28.6 Å². The molecule has 9 nitrogen and oxygen atoms in total. The SMILES string of the molecule is CC1C=C(C(C)(C)C)C(=O)O1.CC1C=C(C(C)(C)C)C(=O)O1.CC1CC(C(C)(C)C)=NO1.CC1CN(C(C)(C)C)C(=O)O1. The molecule has 0 spiro atoms. The fourth-order valence-electron chi connectivity index (χ4n) is 4.35. The van der Waals surface area contributed by atoms with E-state index in [-0.39, 0.29) is 64.2 Å². The third kappa shape index (κ3) is 12.4. The van der Waals surface area contributed by atoms with Crippen molar-refractivity contribution in [2.75, 3.05) is 6.54 Å². The van der Waals surface area contributed by atoms with Crippen molar-refractivity contribution in [1.82, 2.24) is 4.90 Å². The van der Waals surface area contributed by atoms with Gasteiger partial charge in [0.2, 0.25) is 0 Å². The largest absolute Gasteiger partial charge is 0.455 e. The Hall–Kier alpha value is -2.84. The highest BCUT2D eigenvalue weighted by Crippen LogP contribution is 2.32. The van der Waals surface area contributed by atoms with E-state index < -0.39 is 0 Å². The molecule has 4 heterocycles. The number of carbonyl (C=O) groups is 3. The molecular formula is C34H58N2O7. The van der Waals surface area contributed by atoms with Gasteiger partial charge in [-0.25, -0.2) is 14.4 Å². The number of carbonyl (C=O) groups excluding carboxylic acids is 3. The predicted molar refractivity (Wildman–Crippen MR) is 171 cm³/mol. The van der Waals surface area contributed by atoms with Gasteiger partial charge in [0.1, 0.15) is 24.4 Å². The second kappa shape index (κ2) is 14.3. The van der Waals surface area contributed by atoms with Crippen LogP contribution in [-0.4, -0.2) is 65.1 Å². The van der Waals surface area contributed by atoms with Crippen molar-refractivity contribution < 1.29 is 33.4 Å². The van der Waals surface area contributed by atoms with Gasteiger partial charge >= 0.3 is 18.0 Å². The molecule has 0 N–H and O–H groups in total. The fraction of sp³-hybridized carbons (Fsp3) is 0.765. The number of esters is 2. The highest BCUT2D eigenvalue weighted by molar-refractivity contribution is 5.92. The van der Waals surface area contributed by atoms with Crippen LogP contribution >= 0.6 is 0 Å². The molecule has 0 aromatic carbocycles. The minimum Gasteiger partial charge on any atom is -0.455 e. The van der Waals surface area contributed by atoms with E-state index in [0.717, 1.165) is 17.6 Å². The number of hydrogen-bond donors (Lipinski definition) is 0. The molecule has 0 aromatic rings. The van der Waals surface area contributed by atoms with Gasteiger partial charge < -0.3 is 19.0 Å². The maximum atomic E-state index is 11.1. The van der Waals surface area contributed by atoms with Crippen LogP contribution in [0.4, 0.5) is 4.79 Å². The molecule has 0 bridgehead atoms. The summed E-state index contributed by atoms with van der Waals surface area (Å²) in [5, 5.41) is 4.00. The Labute approximate surface area is 260 Å². The number of oxime groups is 1. The molecule has 4 aliphatic heterocycles. The van der Waals surface area contributed by atoms with Gasteiger partial charge in [0, 0.05) is 28.5 Å². The first-order chi connectivity index (χ1) is 19.2. The Kier molecular flexibility index (Phi) is 12.7. The molecule has 0 aromatic heterocycles. The zero-order valence-corrected chi connectivity index (χ0v) is 29.6. The van der Waals surface area contributed by atoms with Crippen LogP contribution in [0.1, 0.15) is 117 Å². The van der Waals surface area contributed by atoms with Crippen molar-refractivity contribution in [3.8, 4) is 0 Å². The zero-order chi connectivity index (χ0) is 33.7. The lowest BCUT2D eigenvalue weighted by molar-refractivity contribution is -0.140. The van der Waals surface area contributed by atoms with Crippen LogP contribution in [0, 0.1) is 16.2 Å². The molecule has 1 fully saturated rings. The van der Waals surface area contributed by atoms with E-state index >= 15 is 0 Å². The van der Waals surface area contributed by atoms with Gasteiger partial charge in [0.25, 0.3) is 0 Å². The molecule has 43 heavy (non-hydrogen) atoms. The van der Waals surface area contributed by atoms with Crippen LogP contribution in [0.15, 0.2) is 28.5 Å². The topological polar surface area (TPSA) is 104 Å². The third-order valence-electron chi connectivity index (χ3n) is 6.91. The average molecular weight is 607 g/mol. The summed E-state index contributed by atoms with van der Waals surface area (Å²) in [6, 6.07) is 0. The normalized spacial score (nSPS) is 25.3. The summed E-state index contributed by atoms with van der Waals surface area (Å²) in [6.45, 7) is 33.0. The molecule has 4 aliphatic rings. The summed E-state index contributed by atoms with van der Waals surface area (Å²) < 4.78 is 14.9. The Morgan fingerprint density at radius 3 is 1.21 bits per heavy atom. The maximum absolute atomic E-state index is 11.1. The summed E-state index contributed by atoms with van der Waals surface area (Å²) in [5.41, 5.74) is 2.69. The van der Waals surface area contributed by atoms with Gasteiger partial charge in [-0.15, -0.1) is 0 Å². The second-order valence-electron chi connectivity index (χ2n) is 15.8. The molecule has 4 rings (SSSR count). The molecule has 246 valence electrons. The van der Waals surface area contributed by atoms with E-state index in [1.54, 1.807) is 4.90 Å². The molecule has 4 unspecified atom stereocenters. The highest BCUT2D eigenvalue weighted by Gasteiger charge is 2.36. The van der Waals surface area contributed by atoms with E-state index in [0.29, 0.717) is 6.54 Å². The van der Waals surface area contributed by atoms with Crippen LogP contribution in [0.5, 0.6) is 0 Å². The molecule has 1 amide bonds. The Balaban J connectivity index is 0.000000287. The van der Waals surface area contributed by atoms with Crippen molar-refractivity contribution in [2.24, 2.45) is 21.4 Å². The fourth-order valence-corrected chi connectivity index (χ4v) is 4.35. The van der Waals surface area contributed by atoms with Gasteiger partial charge in [-0.05, 0) is 71.4 Å². The number of amides is 1. The van der Waals surface area contributed by atoms with Crippen molar-refractivity contribution in [2.45, 2.75) is 147 Å². The maximum Gasteiger partial charge on any atom is 0.410 e. The number of nitrogens with zero attached hydrogens (tertiary/aromatic N) is 2. The second-order valence-corrected chi connectivity index (χ2v) is 15.8. The van der Waals surface area contributed by atoms with Gasteiger partial charge in [-0.2, -0.15) is 0 Å². The lowest BCUT2D eigenvalue weighted by atomic mass is 9.86. The zero-order valence-electron chi connectivity index (χ0n) is 29.6. The van der Waals surface area contributed by atoms with Crippen molar-refractivity contribution in [3.63, 3.8) is 0 Å². The average Bonchev–Trinajstić information content (AvgIpc) is 3.55. The van der Waals surface area contributed by atoms with Crippen LogP contribution in [0.3, 0.4) is 0 Å². The smallest absolute Gasteiger partial charge is 0.410 e. The summed E-state index contributed by atoms with van der Waals surface area (Å²) >= 11 is 0. The van der Waals surface area contributed by atoms with Crippen LogP contribution in [0.25, 0.3) is 0 Å². The number of rotatable bonds is 0. The lowest BCUT2D eigenvalue weighted by Crippen LogP contribution is -2.42. The first-order valence-electron chi connectivity index (χ1n) is 15.3. The van der Waals surface area contributed by atoms with E-state index in [4.69, 9.17) is 19.0 Å². The molecule has 0 saturated carbocycles. The molecule has 0 radical (unpaired) electrons. The summed E-state index contributed by atoms with van der Waals surface area (Å²) in [4.78, 5) is 40.2. The number of ether oxygens (including phenoxy) is 3. The summed E-state index contributed by atoms with van der Waals surface area (Å²) in [5.74, 6) is -0.324. The van der Waals surface area contributed by atoms with Crippen molar-refractivity contribution in [3.05, 3.63) is 23.3 Å². The van der Waals surface area contributed by atoms with Crippen LogP contribution in [0.2, 0.25) is 0 Å². The van der Waals surface area contributed by atoms with Gasteiger partial charge in [0.15, 0.2) is 0 Å². The first kappa shape index (κ1) is 38.2. The molecule has 9 heteroatoms. The molecular weight excluding hydrogens is 548 g/mol. The van der Waals surface area contributed by atoms with E-state index in [2.05, 4.69) is 25.9 Å². The van der Waals surface area contributed by atoms with Crippen LogP contribution < -0.4 is 0 Å². The minimum absolute atomic E-state index is 0.0433. The predicted octanol–water partition coefficient (Wildman–Crippen LogP) is 7.63. The monoisotopic (exact) mass is 606 g/mol. The Morgan fingerprint density at radius 1 is 0.651 bits per heavy atom.